The first-order valence-electron chi connectivity index (χ1n) is 6.95. The number of ether oxygens (including phenoxy) is 1. The highest BCUT2D eigenvalue weighted by Crippen LogP contribution is 2.34. The van der Waals surface area contributed by atoms with E-state index in [9.17, 15) is 4.79 Å². The van der Waals surface area contributed by atoms with E-state index >= 15 is 0 Å². The van der Waals surface area contributed by atoms with Gasteiger partial charge in [-0.15, -0.1) is 0 Å². The maximum Gasteiger partial charge on any atom is 0.410 e. The number of aromatic nitrogens is 1. The van der Waals surface area contributed by atoms with Crippen molar-refractivity contribution >= 4 is 6.09 Å². The molecule has 110 valence electrons. The molecule has 0 saturated carbocycles. The van der Waals surface area contributed by atoms with E-state index in [0.29, 0.717) is 19.6 Å². The molecule has 5 nitrogen and oxygen atoms in total. The molecule has 0 radical (unpaired) electrons. The molecule has 20 heavy (non-hydrogen) atoms. The molecule has 1 atom stereocenters. The van der Waals surface area contributed by atoms with E-state index in [0.717, 1.165) is 12.0 Å². The summed E-state index contributed by atoms with van der Waals surface area (Å²) in [5.74, 6) is 0. The number of rotatable bonds is 2. The van der Waals surface area contributed by atoms with Crippen molar-refractivity contribution in [2.75, 3.05) is 19.6 Å². The van der Waals surface area contributed by atoms with Crippen molar-refractivity contribution in [2.45, 2.75) is 38.2 Å². The lowest BCUT2D eigenvalue weighted by molar-refractivity contribution is 0.0285. The van der Waals surface area contributed by atoms with Gasteiger partial charge in [0.1, 0.15) is 5.60 Å². The van der Waals surface area contributed by atoms with Crippen molar-refractivity contribution < 1.29 is 9.53 Å². The van der Waals surface area contributed by atoms with Crippen molar-refractivity contribution in [1.82, 2.24) is 9.88 Å². The number of pyridine rings is 1. The summed E-state index contributed by atoms with van der Waals surface area (Å²) in [4.78, 5) is 17.9. The van der Waals surface area contributed by atoms with Crippen molar-refractivity contribution in [3.05, 3.63) is 30.1 Å². The molecule has 0 aromatic carbocycles. The first-order valence-corrected chi connectivity index (χ1v) is 6.95. The molecule has 1 aliphatic heterocycles. The van der Waals surface area contributed by atoms with Gasteiger partial charge in [-0.25, -0.2) is 4.79 Å². The van der Waals surface area contributed by atoms with Crippen LogP contribution in [0.2, 0.25) is 0 Å². The summed E-state index contributed by atoms with van der Waals surface area (Å²) >= 11 is 0. The van der Waals surface area contributed by atoms with E-state index < -0.39 is 5.60 Å². The van der Waals surface area contributed by atoms with Gasteiger partial charge in [-0.2, -0.15) is 0 Å². The number of hydrogen-bond donors (Lipinski definition) is 1. The SMILES string of the molecule is CC(C)(C)OC(=O)N1CCC(CN)(c2ccncc2)C1. The molecule has 0 aliphatic carbocycles. The summed E-state index contributed by atoms with van der Waals surface area (Å²) in [6.45, 7) is 7.41. The normalized spacial score (nSPS) is 22.9. The molecule has 0 spiro atoms. The molecule has 1 aliphatic rings. The third-order valence-corrected chi connectivity index (χ3v) is 3.69. The fraction of sp³-hybridized carbons (Fsp3) is 0.600. The van der Waals surface area contributed by atoms with Gasteiger partial charge < -0.3 is 15.4 Å². The Bertz CT molecular complexity index is 470. The third kappa shape index (κ3) is 3.10. The zero-order valence-electron chi connectivity index (χ0n) is 12.4. The van der Waals surface area contributed by atoms with Gasteiger partial charge in [0.15, 0.2) is 0 Å². The quantitative estimate of drug-likeness (QED) is 0.896. The lowest BCUT2D eigenvalue weighted by atomic mass is 9.80. The molecule has 2 rings (SSSR count). The zero-order chi connectivity index (χ0) is 14.8. The summed E-state index contributed by atoms with van der Waals surface area (Å²) < 4.78 is 5.43. The lowest BCUT2D eigenvalue weighted by Gasteiger charge is -2.29. The Morgan fingerprint density at radius 2 is 2.10 bits per heavy atom. The summed E-state index contributed by atoms with van der Waals surface area (Å²) in [5.41, 5.74) is 6.48. The fourth-order valence-corrected chi connectivity index (χ4v) is 2.58. The van der Waals surface area contributed by atoms with Gasteiger partial charge in [-0.3, -0.25) is 4.98 Å². The molecule has 1 unspecified atom stereocenters. The number of carbonyl (C=O) groups is 1. The Labute approximate surface area is 120 Å². The first-order chi connectivity index (χ1) is 9.36. The Morgan fingerprint density at radius 3 is 2.65 bits per heavy atom. The summed E-state index contributed by atoms with van der Waals surface area (Å²) in [7, 11) is 0. The van der Waals surface area contributed by atoms with Gasteiger partial charge in [0, 0.05) is 37.4 Å². The van der Waals surface area contributed by atoms with Crippen LogP contribution in [0.25, 0.3) is 0 Å². The van der Waals surface area contributed by atoms with Crippen LogP contribution in [0.3, 0.4) is 0 Å². The lowest BCUT2D eigenvalue weighted by Crippen LogP contribution is -2.41. The highest BCUT2D eigenvalue weighted by atomic mass is 16.6. The Balaban J connectivity index is 2.12. The standard InChI is InChI=1S/C15H23N3O2/c1-14(2,3)20-13(19)18-9-6-15(10-16,11-18)12-4-7-17-8-5-12/h4-5,7-8H,6,9-11,16H2,1-3H3. The molecule has 1 aromatic rings. The van der Waals surface area contributed by atoms with Crippen LogP contribution in [0.15, 0.2) is 24.5 Å². The van der Waals surface area contributed by atoms with E-state index in [4.69, 9.17) is 10.5 Å². The molecule has 2 N–H and O–H groups in total. The van der Waals surface area contributed by atoms with Gasteiger partial charge in [-0.05, 0) is 44.9 Å². The summed E-state index contributed by atoms with van der Waals surface area (Å²) in [6, 6.07) is 3.96. The maximum absolute atomic E-state index is 12.1. The molecular weight excluding hydrogens is 254 g/mol. The minimum absolute atomic E-state index is 0.181. The van der Waals surface area contributed by atoms with Gasteiger partial charge in [0.25, 0.3) is 0 Å². The van der Waals surface area contributed by atoms with E-state index in [-0.39, 0.29) is 11.5 Å². The van der Waals surface area contributed by atoms with E-state index in [1.165, 1.54) is 0 Å². The Morgan fingerprint density at radius 1 is 1.45 bits per heavy atom. The second kappa shape index (κ2) is 5.40. The van der Waals surface area contributed by atoms with E-state index in [1.807, 2.05) is 32.9 Å². The number of amides is 1. The maximum atomic E-state index is 12.1. The third-order valence-electron chi connectivity index (χ3n) is 3.69. The Hall–Kier alpha value is -1.62. The van der Waals surface area contributed by atoms with Crippen LogP contribution >= 0.6 is 0 Å². The van der Waals surface area contributed by atoms with Gasteiger partial charge in [0.05, 0.1) is 0 Å². The van der Waals surface area contributed by atoms with E-state index in [2.05, 4.69) is 4.98 Å². The predicted octanol–water partition coefficient (Wildman–Crippen LogP) is 1.92. The molecule has 1 amide bonds. The predicted molar refractivity (Wildman–Crippen MR) is 77.4 cm³/mol. The van der Waals surface area contributed by atoms with Crippen LogP contribution in [0.1, 0.15) is 32.8 Å². The molecule has 2 heterocycles. The highest BCUT2D eigenvalue weighted by molar-refractivity contribution is 5.69. The molecule has 1 aromatic heterocycles. The van der Waals surface area contributed by atoms with Crippen molar-refractivity contribution in [2.24, 2.45) is 5.73 Å². The van der Waals surface area contributed by atoms with Crippen LogP contribution < -0.4 is 5.73 Å². The first kappa shape index (κ1) is 14.8. The molecule has 1 fully saturated rings. The number of likely N-dealkylation sites (tertiary alicyclic amines) is 1. The molecular formula is C15H23N3O2. The minimum Gasteiger partial charge on any atom is -0.444 e. The van der Waals surface area contributed by atoms with E-state index in [1.54, 1.807) is 17.3 Å². The molecule has 1 saturated heterocycles. The second-order valence-corrected chi connectivity index (χ2v) is 6.37. The van der Waals surface area contributed by atoms with Crippen LogP contribution in [0.4, 0.5) is 4.79 Å². The van der Waals surface area contributed by atoms with Gasteiger partial charge in [-0.1, -0.05) is 0 Å². The van der Waals surface area contributed by atoms with Crippen molar-refractivity contribution in [1.29, 1.82) is 0 Å². The van der Waals surface area contributed by atoms with Crippen LogP contribution in [0.5, 0.6) is 0 Å². The summed E-state index contributed by atoms with van der Waals surface area (Å²) in [5, 5.41) is 0. The molecule has 0 bridgehead atoms. The van der Waals surface area contributed by atoms with Gasteiger partial charge in [0.2, 0.25) is 0 Å². The average molecular weight is 277 g/mol. The topological polar surface area (TPSA) is 68.5 Å². The van der Waals surface area contributed by atoms with Gasteiger partial charge >= 0.3 is 6.09 Å². The monoisotopic (exact) mass is 277 g/mol. The molecule has 5 heteroatoms. The largest absolute Gasteiger partial charge is 0.444 e. The zero-order valence-corrected chi connectivity index (χ0v) is 12.4. The smallest absolute Gasteiger partial charge is 0.410 e. The average Bonchev–Trinajstić information content (AvgIpc) is 2.84. The number of nitrogens with zero attached hydrogens (tertiary/aromatic N) is 2. The number of nitrogens with two attached hydrogens (primary N) is 1. The van der Waals surface area contributed by atoms with Crippen LogP contribution in [-0.2, 0) is 10.2 Å². The second-order valence-electron chi connectivity index (χ2n) is 6.37. The minimum atomic E-state index is -0.471. The van der Waals surface area contributed by atoms with Crippen molar-refractivity contribution in [3.8, 4) is 0 Å². The summed E-state index contributed by atoms with van der Waals surface area (Å²) in [6.07, 6.45) is 4.13. The van der Waals surface area contributed by atoms with Crippen LogP contribution in [0, 0.1) is 0 Å². The highest BCUT2D eigenvalue weighted by Gasteiger charge is 2.41. The van der Waals surface area contributed by atoms with Crippen molar-refractivity contribution in [3.63, 3.8) is 0 Å². The number of hydrogen-bond acceptors (Lipinski definition) is 4. The van der Waals surface area contributed by atoms with Crippen LogP contribution in [-0.4, -0.2) is 41.2 Å². The fourth-order valence-electron chi connectivity index (χ4n) is 2.58. The Kier molecular flexibility index (Phi) is 3.99. The number of carbonyl (C=O) groups excluding carboxylic acids is 1.